The predicted octanol–water partition coefficient (Wildman–Crippen LogP) is 2.36. The fourth-order valence-electron chi connectivity index (χ4n) is 0.630. The molecular formula is C7H7N3-2. The van der Waals surface area contributed by atoms with Crippen LogP contribution in [0.5, 0.6) is 0 Å². The summed E-state index contributed by atoms with van der Waals surface area (Å²) in [6.45, 7) is 0. The molecule has 0 amide bonds. The number of hydrogen-bond donors (Lipinski definition) is 1. The number of nitrogens with one attached hydrogen (secondary N) is 2. The number of hydrogen-bond acceptors (Lipinski definition) is 1. The molecule has 0 fully saturated rings. The van der Waals surface area contributed by atoms with E-state index in [1.54, 1.807) is 18.2 Å². The van der Waals surface area contributed by atoms with E-state index in [0.717, 1.165) is 12.4 Å². The highest BCUT2D eigenvalue weighted by Gasteiger charge is 1.81. The molecule has 3 heteroatoms. The van der Waals surface area contributed by atoms with Crippen molar-refractivity contribution in [1.29, 1.82) is 5.41 Å². The molecule has 52 valence electrons. The van der Waals surface area contributed by atoms with E-state index in [9.17, 15) is 0 Å². The summed E-state index contributed by atoms with van der Waals surface area (Å²) in [6, 6.07) is 0. The topological polar surface area (TPSA) is 61.8 Å². The molecule has 1 aliphatic heterocycles. The molecule has 0 aromatic carbocycles. The Hall–Kier alpha value is -1.51. The maximum atomic E-state index is 6.85. The summed E-state index contributed by atoms with van der Waals surface area (Å²) in [5.41, 5.74) is 8.02. The molecule has 0 saturated carbocycles. The summed E-state index contributed by atoms with van der Waals surface area (Å²) < 4.78 is 0. The molecule has 0 aromatic heterocycles. The third kappa shape index (κ3) is 1.25. The fraction of sp³-hybridized carbons (Fsp3) is 0. The van der Waals surface area contributed by atoms with Gasteiger partial charge in [-0.3, -0.25) is 0 Å². The lowest BCUT2D eigenvalue weighted by atomic mass is 10.2. The average Bonchev–Trinajstić information content (AvgIpc) is 2.05. The SMILES string of the molecule is N=CC1=CC=C/C(=C/[NH-])[N-]1. The molecule has 0 unspecified atom stereocenters. The molecule has 2 N–H and O–H groups in total. The van der Waals surface area contributed by atoms with Crippen molar-refractivity contribution in [1.82, 2.24) is 0 Å². The molecule has 0 spiro atoms. The largest absolute Gasteiger partial charge is 0.706 e. The highest BCUT2D eigenvalue weighted by atomic mass is 14.9. The zero-order valence-electron chi connectivity index (χ0n) is 5.33. The molecule has 1 rings (SSSR count). The van der Waals surface area contributed by atoms with E-state index in [-0.39, 0.29) is 0 Å². The first-order valence-electron chi connectivity index (χ1n) is 2.85. The molecule has 0 radical (unpaired) electrons. The summed E-state index contributed by atoms with van der Waals surface area (Å²) in [4.78, 5) is 0. The number of nitrogens with zero attached hydrogens (tertiary/aromatic N) is 1. The predicted molar refractivity (Wildman–Crippen MR) is 41.8 cm³/mol. The maximum absolute atomic E-state index is 6.85. The van der Waals surface area contributed by atoms with Crippen molar-refractivity contribution >= 4 is 6.21 Å². The fourth-order valence-corrected chi connectivity index (χ4v) is 0.630. The molecule has 0 aromatic rings. The van der Waals surface area contributed by atoms with E-state index >= 15 is 0 Å². The van der Waals surface area contributed by atoms with Crippen LogP contribution in [0.15, 0.2) is 35.8 Å². The van der Waals surface area contributed by atoms with Crippen LogP contribution in [0.2, 0.25) is 0 Å². The van der Waals surface area contributed by atoms with Gasteiger partial charge in [-0.05, 0) is 0 Å². The third-order valence-electron chi connectivity index (χ3n) is 1.09. The highest BCUT2D eigenvalue weighted by Crippen LogP contribution is 2.18. The second kappa shape index (κ2) is 2.87. The van der Waals surface area contributed by atoms with Gasteiger partial charge in [-0.25, -0.2) is 0 Å². The van der Waals surface area contributed by atoms with Crippen LogP contribution in [0.1, 0.15) is 0 Å². The van der Waals surface area contributed by atoms with Crippen LogP contribution in [-0.2, 0) is 0 Å². The van der Waals surface area contributed by atoms with Crippen molar-refractivity contribution in [3.8, 4) is 0 Å². The van der Waals surface area contributed by atoms with Crippen molar-refractivity contribution in [2.45, 2.75) is 0 Å². The zero-order chi connectivity index (χ0) is 7.40. The van der Waals surface area contributed by atoms with E-state index in [0.29, 0.717) is 11.4 Å². The van der Waals surface area contributed by atoms with Crippen LogP contribution in [0.25, 0.3) is 11.1 Å². The van der Waals surface area contributed by atoms with Crippen LogP contribution in [0, 0.1) is 5.41 Å². The van der Waals surface area contributed by atoms with Crippen molar-refractivity contribution in [2.75, 3.05) is 0 Å². The Kier molecular flexibility index (Phi) is 1.89. The normalized spacial score (nSPS) is 20.0. The van der Waals surface area contributed by atoms with E-state index < -0.39 is 0 Å². The van der Waals surface area contributed by atoms with E-state index in [2.05, 4.69) is 5.32 Å². The Morgan fingerprint density at radius 3 is 3.00 bits per heavy atom. The van der Waals surface area contributed by atoms with E-state index in [1.165, 1.54) is 0 Å². The van der Waals surface area contributed by atoms with Gasteiger partial charge in [0.2, 0.25) is 0 Å². The van der Waals surface area contributed by atoms with Gasteiger partial charge in [0, 0.05) is 6.21 Å². The van der Waals surface area contributed by atoms with Crippen LogP contribution < -0.4 is 0 Å². The molecule has 0 aliphatic carbocycles. The summed E-state index contributed by atoms with van der Waals surface area (Å²) in [7, 11) is 0. The van der Waals surface area contributed by atoms with Gasteiger partial charge in [-0.1, -0.05) is 18.2 Å². The lowest BCUT2D eigenvalue weighted by molar-refractivity contribution is 1.47. The maximum Gasteiger partial charge on any atom is 0.00302 e. The van der Waals surface area contributed by atoms with Crippen LogP contribution in [-0.4, -0.2) is 6.21 Å². The van der Waals surface area contributed by atoms with Gasteiger partial charge in [0.1, 0.15) is 0 Å². The van der Waals surface area contributed by atoms with Gasteiger partial charge >= 0.3 is 0 Å². The second-order valence-electron chi connectivity index (χ2n) is 1.78. The summed E-state index contributed by atoms with van der Waals surface area (Å²) in [5.74, 6) is 0. The third-order valence-corrected chi connectivity index (χ3v) is 1.09. The molecule has 0 saturated heterocycles. The smallest absolute Gasteiger partial charge is 0.00302 e. The molecule has 1 aliphatic rings. The number of rotatable bonds is 1. The minimum absolute atomic E-state index is 0.584. The van der Waals surface area contributed by atoms with Gasteiger partial charge < -0.3 is 16.5 Å². The summed E-state index contributed by atoms with van der Waals surface area (Å²) in [6.07, 6.45) is 7.54. The summed E-state index contributed by atoms with van der Waals surface area (Å²) >= 11 is 0. The van der Waals surface area contributed by atoms with Gasteiger partial charge in [-0.2, -0.15) is 11.9 Å². The van der Waals surface area contributed by atoms with Crippen molar-refractivity contribution in [3.63, 3.8) is 0 Å². The van der Waals surface area contributed by atoms with Crippen LogP contribution in [0.4, 0.5) is 0 Å². The first kappa shape index (κ1) is 6.61. The molecule has 10 heavy (non-hydrogen) atoms. The molecule has 3 nitrogen and oxygen atoms in total. The van der Waals surface area contributed by atoms with Gasteiger partial charge in [0.25, 0.3) is 0 Å². The molecular weight excluding hydrogens is 126 g/mol. The van der Waals surface area contributed by atoms with Gasteiger partial charge in [-0.15, -0.1) is 5.70 Å². The van der Waals surface area contributed by atoms with Gasteiger partial charge in [0.05, 0.1) is 0 Å². The quantitative estimate of drug-likeness (QED) is 0.534. The minimum Gasteiger partial charge on any atom is -0.706 e. The van der Waals surface area contributed by atoms with Crippen molar-refractivity contribution in [3.05, 3.63) is 46.9 Å². The molecule has 0 atom stereocenters. The van der Waals surface area contributed by atoms with E-state index in [4.69, 9.17) is 11.1 Å². The second-order valence-corrected chi connectivity index (χ2v) is 1.78. The first-order valence-corrected chi connectivity index (χ1v) is 2.85. The Balaban J connectivity index is 2.77. The van der Waals surface area contributed by atoms with E-state index in [1.807, 2.05) is 0 Å². The van der Waals surface area contributed by atoms with Crippen molar-refractivity contribution < 1.29 is 0 Å². The summed E-state index contributed by atoms with van der Waals surface area (Å²) in [5, 5.41) is 10.8. The molecule has 0 bridgehead atoms. The Morgan fingerprint density at radius 1 is 1.60 bits per heavy atom. The van der Waals surface area contributed by atoms with Gasteiger partial charge in [0.15, 0.2) is 0 Å². The highest BCUT2D eigenvalue weighted by molar-refractivity contribution is 5.83. The Labute approximate surface area is 59.4 Å². The Morgan fingerprint density at radius 2 is 2.40 bits per heavy atom. The number of allylic oxidation sites excluding steroid dienone is 4. The Bertz CT molecular complexity index is 223. The zero-order valence-corrected chi connectivity index (χ0v) is 5.33. The van der Waals surface area contributed by atoms with Crippen molar-refractivity contribution in [2.24, 2.45) is 0 Å². The molecule has 1 heterocycles. The lowest BCUT2D eigenvalue weighted by Crippen LogP contribution is -1.87. The van der Waals surface area contributed by atoms with Crippen LogP contribution >= 0.6 is 0 Å². The van der Waals surface area contributed by atoms with Crippen LogP contribution in [0.3, 0.4) is 0 Å². The lowest BCUT2D eigenvalue weighted by Gasteiger charge is -2.27. The minimum atomic E-state index is 0.584. The standard InChI is InChI=1S/C7H7N3/c8-4-6-2-1-3-7(5-9)10-6/h1-5,8-9H/q-2/b6-4-,9-5?. The average molecular weight is 133 g/mol. The monoisotopic (exact) mass is 133 g/mol. The first-order chi connectivity index (χ1) is 4.86.